The summed E-state index contributed by atoms with van der Waals surface area (Å²) in [5, 5.41) is 0. The molecule has 1 saturated heterocycles. The van der Waals surface area contributed by atoms with Crippen LogP contribution in [0, 0.1) is 11.3 Å². The van der Waals surface area contributed by atoms with E-state index in [9.17, 15) is 13.2 Å². The van der Waals surface area contributed by atoms with Crippen LogP contribution >= 0.6 is 15.9 Å². The van der Waals surface area contributed by atoms with Gasteiger partial charge >= 0.3 is 6.18 Å². The monoisotopic (exact) mass is 490 g/mol. The predicted octanol–water partition coefficient (Wildman–Crippen LogP) is 6.86. The molecule has 0 radical (unpaired) electrons. The second-order valence-electron chi connectivity index (χ2n) is 8.72. The van der Waals surface area contributed by atoms with Crippen molar-refractivity contribution in [3.05, 3.63) is 82.6 Å². The van der Waals surface area contributed by atoms with Gasteiger partial charge in [-0.1, -0.05) is 61.5 Å². The summed E-state index contributed by atoms with van der Waals surface area (Å²) in [4.78, 5) is 6.24. The number of pyridine rings is 1. The van der Waals surface area contributed by atoms with E-state index >= 15 is 0 Å². The maximum atomic E-state index is 12.8. The van der Waals surface area contributed by atoms with Gasteiger partial charge in [-0.05, 0) is 71.0 Å². The van der Waals surface area contributed by atoms with E-state index in [0.717, 1.165) is 28.7 Å². The highest BCUT2D eigenvalue weighted by Gasteiger charge is 2.39. The lowest BCUT2D eigenvalue weighted by Crippen LogP contribution is -2.43. The topological polar surface area (TPSA) is 16.1 Å². The third-order valence-electron chi connectivity index (χ3n) is 6.49. The Kier molecular flexibility index (Phi) is 6.40. The quantitative estimate of drug-likeness (QED) is 0.343. The first-order valence-corrected chi connectivity index (χ1v) is 11.4. The highest BCUT2D eigenvalue weighted by atomic mass is 79.9. The molecule has 2 nitrogen and oxygen atoms in total. The molecule has 2 aromatic rings. The molecule has 0 spiro atoms. The van der Waals surface area contributed by atoms with Gasteiger partial charge in [0.2, 0.25) is 0 Å². The van der Waals surface area contributed by atoms with Crippen molar-refractivity contribution in [2.24, 2.45) is 11.3 Å². The molecule has 1 aromatic carbocycles. The normalized spacial score (nSPS) is 25.5. The SMILES string of the molecule is CC1(C2CCN(CC(F)(F)F)CC2)C=CC(c2ccccc2)C(c2cccc(Br)n2)=C1. The van der Waals surface area contributed by atoms with Gasteiger partial charge < -0.3 is 0 Å². The molecule has 164 valence electrons. The number of benzene rings is 1. The molecule has 1 aromatic heterocycles. The third-order valence-corrected chi connectivity index (χ3v) is 6.93. The highest BCUT2D eigenvalue weighted by Crippen LogP contribution is 2.47. The van der Waals surface area contributed by atoms with E-state index in [0.29, 0.717) is 19.0 Å². The summed E-state index contributed by atoms with van der Waals surface area (Å²) < 4.78 is 39.1. The first-order valence-electron chi connectivity index (χ1n) is 10.6. The van der Waals surface area contributed by atoms with E-state index < -0.39 is 12.7 Å². The minimum atomic E-state index is -4.14. The summed E-state index contributed by atoms with van der Waals surface area (Å²) in [5.74, 6) is 0.397. The van der Waals surface area contributed by atoms with E-state index in [4.69, 9.17) is 4.98 Å². The maximum Gasteiger partial charge on any atom is 0.401 e. The van der Waals surface area contributed by atoms with Crippen molar-refractivity contribution in [1.29, 1.82) is 0 Å². The molecule has 1 aliphatic carbocycles. The molecule has 0 amide bonds. The molecule has 2 aliphatic rings. The van der Waals surface area contributed by atoms with Crippen LogP contribution in [0.1, 0.15) is 36.9 Å². The minimum Gasteiger partial charge on any atom is -0.295 e. The number of hydrogen-bond donors (Lipinski definition) is 0. The van der Waals surface area contributed by atoms with Crippen molar-refractivity contribution in [2.45, 2.75) is 31.9 Å². The number of likely N-dealkylation sites (tertiary alicyclic amines) is 1. The number of halogens is 4. The molecule has 1 aliphatic heterocycles. The second-order valence-corrected chi connectivity index (χ2v) is 9.54. The summed E-state index contributed by atoms with van der Waals surface area (Å²) in [7, 11) is 0. The van der Waals surface area contributed by atoms with Gasteiger partial charge in [0.25, 0.3) is 0 Å². The second kappa shape index (κ2) is 8.91. The fourth-order valence-electron chi connectivity index (χ4n) is 4.85. The molecule has 4 rings (SSSR count). The lowest BCUT2D eigenvalue weighted by molar-refractivity contribution is -0.149. The summed E-state index contributed by atoms with van der Waals surface area (Å²) >= 11 is 3.49. The zero-order chi connectivity index (χ0) is 22.1. The Hall–Kier alpha value is -1.92. The van der Waals surface area contributed by atoms with Crippen LogP contribution in [-0.4, -0.2) is 35.7 Å². The van der Waals surface area contributed by atoms with Gasteiger partial charge in [0.05, 0.1) is 12.2 Å². The number of allylic oxidation sites excluding steroid dienone is 4. The van der Waals surface area contributed by atoms with Crippen LogP contribution in [0.2, 0.25) is 0 Å². The van der Waals surface area contributed by atoms with Crippen molar-refractivity contribution >= 4 is 21.5 Å². The number of rotatable bonds is 4. The molecule has 31 heavy (non-hydrogen) atoms. The van der Waals surface area contributed by atoms with Crippen molar-refractivity contribution < 1.29 is 13.2 Å². The third kappa shape index (κ3) is 5.29. The first-order chi connectivity index (χ1) is 14.7. The van der Waals surface area contributed by atoms with Crippen molar-refractivity contribution in [3.8, 4) is 0 Å². The Labute approximate surface area is 190 Å². The van der Waals surface area contributed by atoms with Crippen LogP contribution < -0.4 is 0 Å². The number of aromatic nitrogens is 1. The maximum absolute atomic E-state index is 12.8. The van der Waals surface area contributed by atoms with Crippen molar-refractivity contribution in [1.82, 2.24) is 9.88 Å². The van der Waals surface area contributed by atoms with E-state index in [1.807, 2.05) is 36.4 Å². The molecule has 0 bridgehead atoms. The Morgan fingerprint density at radius 1 is 1.06 bits per heavy atom. The van der Waals surface area contributed by atoms with Gasteiger partial charge in [-0.3, -0.25) is 4.90 Å². The van der Waals surface area contributed by atoms with Gasteiger partial charge in [-0.15, -0.1) is 0 Å². The van der Waals surface area contributed by atoms with E-state index in [1.54, 1.807) is 0 Å². The van der Waals surface area contributed by atoms with Gasteiger partial charge in [-0.25, -0.2) is 4.98 Å². The predicted molar refractivity (Wildman–Crippen MR) is 122 cm³/mol. The Morgan fingerprint density at radius 2 is 1.77 bits per heavy atom. The molecule has 2 heterocycles. The lowest BCUT2D eigenvalue weighted by Gasteiger charge is -2.42. The standard InChI is InChI=1S/C25H26BrF3N2/c1-24(19-11-14-31(15-12-19)17-25(27,28)29)13-10-20(18-6-3-2-4-7-18)21(16-24)22-8-5-9-23(26)30-22/h2-10,13,16,19-20H,11-12,14-15,17H2,1H3. The molecule has 2 unspecified atom stereocenters. The highest BCUT2D eigenvalue weighted by molar-refractivity contribution is 9.10. The Morgan fingerprint density at radius 3 is 2.42 bits per heavy atom. The smallest absolute Gasteiger partial charge is 0.295 e. The summed E-state index contributed by atoms with van der Waals surface area (Å²) in [6.45, 7) is 2.35. The molecule has 0 N–H and O–H groups in total. The molecule has 2 atom stereocenters. The summed E-state index contributed by atoms with van der Waals surface area (Å²) in [6, 6.07) is 16.3. The zero-order valence-electron chi connectivity index (χ0n) is 17.4. The molecule has 1 fully saturated rings. The average molecular weight is 491 g/mol. The molecular formula is C25H26BrF3N2. The van der Waals surface area contributed by atoms with Crippen LogP contribution in [0.3, 0.4) is 0 Å². The van der Waals surface area contributed by atoms with Crippen molar-refractivity contribution in [2.75, 3.05) is 19.6 Å². The number of nitrogens with zero attached hydrogens (tertiary/aromatic N) is 2. The number of piperidine rings is 1. The lowest BCUT2D eigenvalue weighted by atomic mass is 9.66. The van der Waals surface area contributed by atoms with Crippen LogP contribution in [0.15, 0.2) is 71.4 Å². The molecule has 6 heteroatoms. The average Bonchev–Trinajstić information content (AvgIpc) is 2.74. The number of alkyl halides is 3. The van der Waals surface area contributed by atoms with Crippen LogP contribution in [0.4, 0.5) is 13.2 Å². The molecule has 0 saturated carbocycles. The van der Waals surface area contributed by atoms with E-state index in [1.165, 1.54) is 10.5 Å². The van der Waals surface area contributed by atoms with Gasteiger partial charge in [0.1, 0.15) is 4.60 Å². The van der Waals surface area contributed by atoms with Crippen molar-refractivity contribution in [3.63, 3.8) is 0 Å². The fourth-order valence-corrected chi connectivity index (χ4v) is 5.20. The van der Waals surface area contributed by atoms with Gasteiger partial charge in [-0.2, -0.15) is 13.2 Å². The zero-order valence-corrected chi connectivity index (χ0v) is 19.0. The number of hydrogen-bond acceptors (Lipinski definition) is 2. The fraction of sp³-hybridized carbons (Fsp3) is 0.400. The van der Waals surface area contributed by atoms with Gasteiger partial charge in [0, 0.05) is 11.3 Å². The van der Waals surface area contributed by atoms with E-state index in [2.05, 4.69) is 53.2 Å². The summed E-state index contributed by atoms with van der Waals surface area (Å²) in [5.41, 5.74) is 3.06. The Bertz CT molecular complexity index is 962. The largest absolute Gasteiger partial charge is 0.401 e. The van der Waals surface area contributed by atoms with Crippen LogP contribution in [0.25, 0.3) is 5.57 Å². The van der Waals surface area contributed by atoms with E-state index in [-0.39, 0.29) is 11.3 Å². The summed E-state index contributed by atoms with van der Waals surface area (Å²) in [6.07, 6.45) is 4.18. The van der Waals surface area contributed by atoms with Crippen LogP contribution in [0.5, 0.6) is 0 Å². The van der Waals surface area contributed by atoms with Gasteiger partial charge in [0.15, 0.2) is 0 Å². The molecular weight excluding hydrogens is 465 g/mol. The van der Waals surface area contributed by atoms with Crippen LogP contribution in [-0.2, 0) is 0 Å². The minimum absolute atomic E-state index is 0.0985. The first kappa shape index (κ1) is 22.3. The Balaban J connectivity index is 1.62.